The van der Waals surface area contributed by atoms with Gasteiger partial charge in [0.25, 0.3) is 0 Å². The fourth-order valence-electron chi connectivity index (χ4n) is 2.21. The van der Waals surface area contributed by atoms with E-state index in [1.807, 2.05) is 25.1 Å². The summed E-state index contributed by atoms with van der Waals surface area (Å²) in [4.78, 5) is 0. The van der Waals surface area contributed by atoms with Gasteiger partial charge in [-0.1, -0.05) is 6.92 Å². The minimum absolute atomic E-state index is 0.193. The fraction of sp³-hybridized carbons (Fsp3) is 0.200. The summed E-state index contributed by atoms with van der Waals surface area (Å²) in [5.74, 6) is 1.18. The lowest BCUT2D eigenvalue weighted by Crippen LogP contribution is -2.20. The average molecular weight is 338 g/mol. The van der Waals surface area contributed by atoms with Crippen LogP contribution in [0.25, 0.3) is 11.0 Å². The first kappa shape index (κ1) is 13.4. The Morgan fingerprint density at radius 1 is 1.15 bits per heavy atom. The molecule has 0 aliphatic heterocycles. The number of rotatable bonds is 4. The van der Waals surface area contributed by atoms with E-state index in [4.69, 9.17) is 8.83 Å². The Balaban J connectivity index is 2.04. The smallest absolute Gasteiger partial charge is 0.169 e. The largest absolute Gasteiger partial charge is 0.459 e. The van der Waals surface area contributed by atoms with Gasteiger partial charge >= 0.3 is 0 Å². The molecule has 2 aromatic heterocycles. The second-order valence-electron chi connectivity index (χ2n) is 4.46. The molecule has 0 saturated heterocycles. The topological polar surface area (TPSA) is 38.3 Å². The SMILES string of the molecule is CCNC(c1ccc(Br)o1)c1cc2cc(F)ccc2o1. The molecule has 0 spiro atoms. The van der Waals surface area contributed by atoms with Gasteiger partial charge in [0.05, 0.1) is 0 Å². The molecule has 3 nitrogen and oxygen atoms in total. The summed E-state index contributed by atoms with van der Waals surface area (Å²) in [6.07, 6.45) is 0. The van der Waals surface area contributed by atoms with E-state index in [0.717, 1.165) is 17.7 Å². The molecule has 1 N–H and O–H groups in total. The monoisotopic (exact) mass is 337 g/mol. The standard InChI is InChI=1S/C15H13BrFNO2/c1-2-18-15(12-5-6-14(16)20-12)13-8-9-7-10(17)3-4-11(9)19-13/h3-8,15,18H,2H2,1H3. The number of benzene rings is 1. The van der Waals surface area contributed by atoms with Gasteiger partial charge in [0.15, 0.2) is 4.67 Å². The van der Waals surface area contributed by atoms with Crippen molar-refractivity contribution in [2.75, 3.05) is 6.54 Å². The number of fused-ring (bicyclic) bond motifs is 1. The van der Waals surface area contributed by atoms with Crippen molar-refractivity contribution in [3.8, 4) is 0 Å². The molecule has 20 heavy (non-hydrogen) atoms. The lowest BCUT2D eigenvalue weighted by atomic mass is 10.1. The maximum atomic E-state index is 13.2. The lowest BCUT2D eigenvalue weighted by Gasteiger charge is -2.12. The molecule has 3 aromatic rings. The van der Waals surface area contributed by atoms with Gasteiger partial charge in [0.2, 0.25) is 0 Å². The van der Waals surface area contributed by atoms with Crippen LogP contribution in [0.2, 0.25) is 0 Å². The van der Waals surface area contributed by atoms with E-state index in [1.165, 1.54) is 12.1 Å². The third-order valence-electron chi connectivity index (χ3n) is 3.07. The van der Waals surface area contributed by atoms with Crippen molar-refractivity contribution >= 4 is 26.9 Å². The molecular formula is C15H13BrFNO2. The van der Waals surface area contributed by atoms with Crippen molar-refractivity contribution in [2.45, 2.75) is 13.0 Å². The van der Waals surface area contributed by atoms with Crippen LogP contribution in [0.4, 0.5) is 4.39 Å². The quantitative estimate of drug-likeness (QED) is 0.754. The van der Waals surface area contributed by atoms with Crippen LogP contribution in [0.1, 0.15) is 24.5 Å². The van der Waals surface area contributed by atoms with Crippen LogP contribution < -0.4 is 5.32 Å². The minimum Gasteiger partial charge on any atom is -0.459 e. The molecule has 0 aliphatic carbocycles. The predicted molar refractivity (Wildman–Crippen MR) is 78.1 cm³/mol. The van der Waals surface area contributed by atoms with Gasteiger partial charge in [0.1, 0.15) is 29.0 Å². The molecule has 5 heteroatoms. The number of nitrogens with one attached hydrogen (secondary N) is 1. The summed E-state index contributed by atoms with van der Waals surface area (Å²) >= 11 is 3.29. The van der Waals surface area contributed by atoms with Gasteiger partial charge in [0, 0.05) is 5.39 Å². The van der Waals surface area contributed by atoms with Gasteiger partial charge in [-0.05, 0) is 58.9 Å². The minimum atomic E-state index is -0.273. The van der Waals surface area contributed by atoms with E-state index in [9.17, 15) is 4.39 Å². The van der Waals surface area contributed by atoms with Crippen molar-refractivity contribution < 1.29 is 13.2 Å². The maximum absolute atomic E-state index is 13.2. The molecule has 1 unspecified atom stereocenters. The Hall–Kier alpha value is -1.59. The van der Waals surface area contributed by atoms with Crippen LogP contribution in [-0.4, -0.2) is 6.54 Å². The van der Waals surface area contributed by atoms with E-state index < -0.39 is 0 Å². The van der Waals surface area contributed by atoms with Crippen LogP contribution in [0.3, 0.4) is 0 Å². The van der Waals surface area contributed by atoms with Gasteiger partial charge in [-0.15, -0.1) is 0 Å². The Kier molecular flexibility index (Phi) is 3.63. The van der Waals surface area contributed by atoms with Gasteiger partial charge < -0.3 is 14.2 Å². The van der Waals surface area contributed by atoms with Crippen LogP contribution in [0.15, 0.2) is 49.9 Å². The average Bonchev–Trinajstić information content (AvgIpc) is 3.01. The summed E-state index contributed by atoms with van der Waals surface area (Å²) in [6.45, 7) is 2.77. The second-order valence-corrected chi connectivity index (χ2v) is 5.25. The highest BCUT2D eigenvalue weighted by Crippen LogP contribution is 2.30. The summed E-state index contributed by atoms with van der Waals surface area (Å²) < 4.78 is 25.3. The van der Waals surface area contributed by atoms with E-state index in [0.29, 0.717) is 16.0 Å². The number of hydrogen-bond donors (Lipinski definition) is 1. The Labute approximate surface area is 123 Å². The van der Waals surface area contributed by atoms with E-state index in [2.05, 4.69) is 21.2 Å². The van der Waals surface area contributed by atoms with Crippen molar-refractivity contribution in [2.24, 2.45) is 0 Å². The highest BCUT2D eigenvalue weighted by Gasteiger charge is 2.21. The zero-order valence-corrected chi connectivity index (χ0v) is 12.4. The molecule has 0 aliphatic rings. The highest BCUT2D eigenvalue weighted by atomic mass is 79.9. The summed E-state index contributed by atoms with van der Waals surface area (Å²) in [5, 5.41) is 4.05. The van der Waals surface area contributed by atoms with E-state index in [1.54, 1.807) is 6.07 Å². The summed E-state index contributed by atoms with van der Waals surface area (Å²) in [7, 11) is 0. The zero-order valence-electron chi connectivity index (χ0n) is 10.8. The Morgan fingerprint density at radius 2 is 2.00 bits per heavy atom. The Morgan fingerprint density at radius 3 is 2.70 bits per heavy atom. The predicted octanol–water partition coefficient (Wildman–Crippen LogP) is 4.63. The molecule has 0 bridgehead atoms. The van der Waals surface area contributed by atoms with Crippen LogP contribution >= 0.6 is 15.9 Å². The third-order valence-corrected chi connectivity index (χ3v) is 3.49. The molecule has 1 atom stereocenters. The molecule has 2 heterocycles. The Bertz CT molecular complexity index is 734. The number of furan rings is 2. The van der Waals surface area contributed by atoms with E-state index in [-0.39, 0.29) is 11.9 Å². The zero-order chi connectivity index (χ0) is 14.1. The molecule has 104 valence electrons. The number of halogens is 2. The summed E-state index contributed by atoms with van der Waals surface area (Å²) in [5.41, 5.74) is 0.662. The lowest BCUT2D eigenvalue weighted by molar-refractivity contribution is 0.395. The van der Waals surface area contributed by atoms with Gasteiger partial charge in [-0.25, -0.2) is 4.39 Å². The van der Waals surface area contributed by atoms with Crippen LogP contribution in [0.5, 0.6) is 0 Å². The first-order valence-electron chi connectivity index (χ1n) is 6.35. The highest BCUT2D eigenvalue weighted by molar-refractivity contribution is 9.10. The molecule has 1 aromatic carbocycles. The first-order chi connectivity index (χ1) is 9.67. The van der Waals surface area contributed by atoms with Crippen molar-refractivity contribution in [1.82, 2.24) is 5.32 Å². The first-order valence-corrected chi connectivity index (χ1v) is 7.14. The van der Waals surface area contributed by atoms with Crippen molar-refractivity contribution in [3.63, 3.8) is 0 Å². The summed E-state index contributed by atoms with van der Waals surface area (Å²) in [6, 6.07) is 9.84. The molecule has 0 saturated carbocycles. The van der Waals surface area contributed by atoms with Crippen molar-refractivity contribution in [3.05, 3.63) is 58.4 Å². The van der Waals surface area contributed by atoms with Crippen LogP contribution in [0, 0.1) is 5.82 Å². The van der Waals surface area contributed by atoms with Crippen molar-refractivity contribution in [1.29, 1.82) is 0 Å². The third kappa shape index (κ3) is 2.51. The van der Waals surface area contributed by atoms with E-state index >= 15 is 0 Å². The molecule has 0 radical (unpaired) electrons. The number of hydrogen-bond acceptors (Lipinski definition) is 3. The second kappa shape index (κ2) is 5.42. The molecule has 0 fully saturated rings. The normalized spacial score (nSPS) is 12.9. The van der Waals surface area contributed by atoms with Crippen LogP contribution in [-0.2, 0) is 0 Å². The molecular weight excluding hydrogens is 325 g/mol. The fourth-order valence-corrected chi connectivity index (χ4v) is 2.53. The van der Waals surface area contributed by atoms with Gasteiger partial charge in [-0.2, -0.15) is 0 Å². The van der Waals surface area contributed by atoms with Gasteiger partial charge in [-0.3, -0.25) is 0 Å². The molecule has 0 amide bonds. The maximum Gasteiger partial charge on any atom is 0.169 e. The molecule has 3 rings (SSSR count).